The maximum absolute atomic E-state index is 3.49. The number of benzene rings is 6. The largest absolute Gasteiger partial charge is 0.307 e. The van der Waals surface area contributed by atoms with E-state index in [0.29, 0.717) is 12.0 Å². The fraction of sp³-hybridized carbons (Fsp3) is 0.130. The molecule has 6 aromatic rings. The molecule has 1 saturated heterocycles. The third-order valence-electron chi connectivity index (χ3n) is 12.0. The molecular weight excluding hydrogens is 567 g/mol. The highest BCUT2D eigenvalue weighted by Gasteiger charge is 2.62. The molecule has 6 aromatic carbocycles. The number of fused-ring (bicyclic) bond motifs is 16. The van der Waals surface area contributed by atoms with E-state index in [0.717, 1.165) is 6.54 Å². The van der Waals surface area contributed by atoms with Crippen molar-refractivity contribution in [3.63, 3.8) is 0 Å². The van der Waals surface area contributed by atoms with E-state index in [2.05, 4.69) is 169 Å². The quantitative estimate of drug-likeness (QED) is 0.196. The van der Waals surface area contributed by atoms with Gasteiger partial charge in [0, 0.05) is 24.4 Å². The Bertz CT molecular complexity index is 2290. The van der Waals surface area contributed by atoms with Gasteiger partial charge in [-0.3, -0.25) is 0 Å². The Balaban J connectivity index is 1.34. The lowest BCUT2D eigenvalue weighted by Gasteiger charge is -2.51. The molecule has 4 aliphatic carbocycles. The molecule has 0 bridgehead atoms. The van der Waals surface area contributed by atoms with Crippen LogP contribution in [0.2, 0.25) is 0 Å². The molecule has 1 fully saturated rings. The molecule has 0 radical (unpaired) electrons. The van der Waals surface area contributed by atoms with E-state index in [9.17, 15) is 0 Å². The average Bonchev–Trinajstić information content (AvgIpc) is 3.91. The highest BCUT2D eigenvalue weighted by molar-refractivity contribution is 5.92. The minimum absolute atomic E-state index is 0.271. The predicted octanol–water partition coefficient (Wildman–Crippen LogP) is 9.85. The molecule has 47 heavy (non-hydrogen) atoms. The van der Waals surface area contributed by atoms with Crippen LogP contribution in [0.5, 0.6) is 0 Å². The zero-order valence-electron chi connectivity index (χ0n) is 26.0. The van der Waals surface area contributed by atoms with Gasteiger partial charge in [0.15, 0.2) is 0 Å². The van der Waals surface area contributed by atoms with Crippen molar-refractivity contribution in [3.8, 4) is 22.3 Å². The second-order valence-electron chi connectivity index (χ2n) is 13.9. The number of allylic oxidation sites excluding steroid dienone is 4. The summed E-state index contributed by atoms with van der Waals surface area (Å²) in [4.78, 5) is 0. The summed E-state index contributed by atoms with van der Waals surface area (Å²) in [5, 5.41) is 3.49. The second kappa shape index (κ2) is 9.18. The minimum atomic E-state index is -0.459. The molecule has 2 spiro atoms. The van der Waals surface area contributed by atoms with Gasteiger partial charge in [0.25, 0.3) is 0 Å². The number of nitrogens with one attached hydrogen (secondary N) is 1. The summed E-state index contributed by atoms with van der Waals surface area (Å²) in [6, 6.07) is 54.3. The van der Waals surface area contributed by atoms with Gasteiger partial charge >= 0.3 is 0 Å². The molecule has 5 aliphatic rings. The molecule has 1 heteroatoms. The van der Waals surface area contributed by atoms with Crippen LogP contribution in [0.3, 0.4) is 0 Å². The van der Waals surface area contributed by atoms with Crippen LogP contribution in [-0.2, 0) is 10.8 Å². The molecule has 1 N–H and O–H groups in total. The molecule has 0 amide bonds. The summed E-state index contributed by atoms with van der Waals surface area (Å²) < 4.78 is 0. The molecule has 11 rings (SSSR count). The van der Waals surface area contributed by atoms with Crippen molar-refractivity contribution in [2.45, 2.75) is 22.8 Å². The number of hydrogen-bond donors (Lipinski definition) is 1. The van der Waals surface area contributed by atoms with Crippen molar-refractivity contribution in [3.05, 3.63) is 214 Å². The van der Waals surface area contributed by atoms with Crippen LogP contribution in [0.15, 0.2) is 164 Å². The van der Waals surface area contributed by atoms with Crippen LogP contribution in [-0.4, -0.2) is 6.54 Å². The first kappa shape index (κ1) is 25.9. The van der Waals surface area contributed by atoms with Crippen molar-refractivity contribution in [2.75, 3.05) is 6.54 Å². The molecule has 1 aliphatic heterocycles. The van der Waals surface area contributed by atoms with Gasteiger partial charge in [0.1, 0.15) is 0 Å². The van der Waals surface area contributed by atoms with Crippen molar-refractivity contribution in [1.82, 2.24) is 5.32 Å². The van der Waals surface area contributed by atoms with Crippen LogP contribution in [0.4, 0.5) is 0 Å². The van der Waals surface area contributed by atoms with Crippen molar-refractivity contribution >= 4 is 0 Å². The maximum atomic E-state index is 3.49. The summed E-state index contributed by atoms with van der Waals surface area (Å²) in [5.74, 6) is 0.593. The number of hydrogen-bond acceptors (Lipinski definition) is 1. The first-order valence-corrected chi connectivity index (χ1v) is 17.0. The normalized spacial score (nSPS) is 24.3. The second-order valence-corrected chi connectivity index (χ2v) is 13.9. The summed E-state index contributed by atoms with van der Waals surface area (Å²) in [5.41, 5.74) is 17.3. The smallest absolute Gasteiger partial charge is 0.0725 e. The van der Waals surface area contributed by atoms with Crippen LogP contribution >= 0.6 is 0 Å². The van der Waals surface area contributed by atoms with Gasteiger partial charge in [-0.05, 0) is 72.3 Å². The van der Waals surface area contributed by atoms with Crippen molar-refractivity contribution < 1.29 is 0 Å². The lowest BCUT2D eigenvalue weighted by molar-refractivity contribution is 0.432. The summed E-state index contributed by atoms with van der Waals surface area (Å²) in [6.45, 7) is 1.07. The lowest BCUT2D eigenvalue weighted by Crippen LogP contribution is -2.46. The van der Waals surface area contributed by atoms with E-state index in [4.69, 9.17) is 0 Å². The highest BCUT2D eigenvalue weighted by Crippen LogP contribution is 2.69. The summed E-state index contributed by atoms with van der Waals surface area (Å²) >= 11 is 0. The summed E-state index contributed by atoms with van der Waals surface area (Å²) in [7, 11) is 0. The topological polar surface area (TPSA) is 21.9 Å². The Hall–Kier alpha value is -5.24. The van der Waals surface area contributed by atoms with E-state index in [-0.39, 0.29) is 11.3 Å². The minimum Gasteiger partial charge on any atom is -0.307 e. The SMILES string of the molecule is C1=CC2c3ccccc3C3(c4ccccc4C4(c5ccccc5-c5ccccc54)c4c(-c5ccc(C6CN6)cc5)cccc43)C2C=C1. The Morgan fingerprint density at radius 3 is 1.79 bits per heavy atom. The van der Waals surface area contributed by atoms with E-state index in [1.807, 2.05) is 0 Å². The molecule has 0 aromatic heterocycles. The van der Waals surface area contributed by atoms with Crippen LogP contribution in [0, 0.1) is 5.92 Å². The van der Waals surface area contributed by atoms with E-state index in [1.54, 1.807) is 0 Å². The van der Waals surface area contributed by atoms with Gasteiger partial charge in [-0.15, -0.1) is 0 Å². The van der Waals surface area contributed by atoms with Gasteiger partial charge in [0.2, 0.25) is 0 Å². The highest BCUT2D eigenvalue weighted by atomic mass is 15.1. The fourth-order valence-electron chi connectivity index (χ4n) is 10.2. The lowest BCUT2D eigenvalue weighted by atomic mass is 9.50. The first-order chi connectivity index (χ1) is 23.3. The molecule has 1 nitrogen and oxygen atoms in total. The maximum Gasteiger partial charge on any atom is 0.0725 e. The molecule has 1 heterocycles. The summed E-state index contributed by atoms with van der Waals surface area (Å²) in [6.07, 6.45) is 9.49. The first-order valence-electron chi connectivity index (χ1n) is 17.0. The van der Waals surface area contributed by atoms with Gasteiger partial charge in [-0.2, -0.15) is 0 Å². The Labute approximate surface area is 276 Å². The monoisotopic (exact) mass is 599 g/mol. The van der Waals surface area contributed by atoms with E-state index >= 15 is 0 Å². The average molecular weight is 600 g/mol. The predicted molar refractivity (Wildman–Crippen MR) is 191 cm³/mol. The molecule has 4 unspecified atom stereocenters. The third-order valence-corrected chi connectivity index (χ3v) is 12.0. The number of rotatable bonds is 2. The van der Waals surface area contributed by atoms with Gasteiger partial charge in [0.05, 0.1) is 10.8 Å². The molecule has 4 atom stereocenters. The van der Waals surface area contributed by atoms with E-state index < -0.39 is 5.41 Å². The van der Waals surface area contributed by atoms with Crippen molar-refractivity contribution in [2.24, 2.45) is 5.92 Å². The molecular formula is C46H33N. The van der Waals surface area contributed by atoms with Gasteiger partial charge in [-0.1, -0.05) is 164 Å². The molecule has 222 valence electrons. The van der Waals surface area contributed by atoms with Crippen LogP contribution < -0.4 is 5.32 Å². The Kier molecular flexibility index (Phi) is 5.06. The zero-order chi connectivity index (χ0) is 30.7. The van der Waals surface area contributed by atoms with Gasteiger partial charge in [-0.25, -0.2) is 0 Å². The standard InChI is InChI=1S/C46H33N/c1-5-17-36-32(12-1)33-13-2-6-18-37(33)45(36)40-21-9-10-22-41(40)46(38-19-7-3-14-34(38)35-15-4-8-20-39(35)46)44-31(16-11-23-42(44)45)29-24-26-30(27-25-29)43-28-47-43/h1-27,32,36,43,47H,28H2. The van der Waals surface area contributed by atoms with Crippen LogP contribution in [0.1, 0.15) is 62.0 Å². The van der Waals surface area contributed by atoms with Crippen molar-refractivity contribution in [1.29, 1.82) is 0 Å². The Morgan fingerprint density at radius 2 is 1.06 bits per heavy atom. The molecule has 0 saturated carbocycles. The fourth-order valence-corrected chi connectivity index (χ4v) is 10.2. The Morgan fingerprint density at radius 1 is 0.489 bits per heavy atom. The third kappa shape index (κ3) is 3.09. The zero-order valence-corrected chi connectivity index (χ0v) is 26.0. The van der Waals surface area contributed by atoms with Crippen LogP contribution in [0.25, 0.3) is 22.3 Å². The van der Waals surface area contributed by atoms with Gasteiger partial charge < -0.3 is 5.32 Å². The van der Waals surface area contributed by atoms with E-state index in [1.165, 1.54) is 72.3 Å².